The van der Waals surface area contributed by atoms with Gasteiger partial charge in [0, 0.05) is 36.3 Å². The van der Waals surface area contributed by atoms with Crippen molar-refractivity contribution in [3.63, 3.8) is 0 Å². The lowest BCUT2D eigenvalue weighted by atomic mass is 10.1. The third-order valence-corrected chi connectivity index (χ3v) is 4.33. The van der Waals surface area contributed by atoms with Crippen molar-refractivity contribution in [2.24, 2.45) is 0 Å². The zero-order chi connectivity index (χ0) is 16.6. The molecule has 0 radical (unpaired) electrons. The highest BCUT2D eigenvalue weighted by molar-refractivity contribution is 6.30. The average molecular weight is 347 g/mol. The molecule has 1 N–H and O–H groups in total. The maximum atomic E-state index is 6.05. The summed E-state index contributed by atoms with van der Waals surface area (Å²) in [4.78, 5) is 11.1. The predicted molar refractivity (Wildman–Crippen MR) is 97.5 cm³/mol. The number of benzene rings is 1. The van der Waals surface area contributed by atoms with Crippen molar-refractivity contribution in [1.29, 1.82) is 0 Å². The third kappa shape index (κ3) is 5.16. The first-order chi connectivity index (χ1) is 11.8. The number of anilines is 1. The lowest BCUT2D eigenvalue weighted by Gasteiger charge is -2.26. The molecule has 6 heteroatoms. The van der Waals surface area contributed by atoms with Crippen LogP contribution < -0.4 is 5.32 Å². The SMILES string of the molecule is Clc1cccc(-c2cc(NCCCCN3CCOCC3)ncn2)c1. The van der Waals surface area contributed by atoms with Gasteiger partial charge in [0.2, 0.25) is 0 Å². The van der Waals surface area contributed by atoms with Crippen LogP contribution in [0.15, 0.2) is 36.7 Å². The molecule has 5 nitrogen and oxygen atoms in total. The maximum Gasteiger partial charge on any atom is 0.129 e. The number of nitrogens with zero attached hydrogens (tertiary/aromatic N) is 3. The highest BCUT2D eigenvalue weighted by Gasteiger charge is 2.09. The molecule has 1 aromatic carbocycles. The Labute approximate surface area is 148 Å². The zero-order valence-electron chi connectivity index (χ0n) is 13.7. The highest BCUT2D eigenvalue weighted by atomic mass is 35.5. The number of aromatic nitrogens is 2. The second-order valence-electron chi connectivity index (χ2n) is 5.89. The van der Waals surface area contributed by atoms with Crippen LogP contribution in [0.1, 0.15) is 12.8 Å². The summed E-state index contributed by atoms with van der Waals surface area (Å²) < 4.78 is 5.36. The number of hydrogen-bond donors (Lipinski definition) is 1. The summed E-state index contributed by atoms with van der Waals surface area (Å²) in [5, 5.41) is 4.09. The molecule has 1 saturated heterocycles. The van der Waals surface area contributed by atoms with Gasteiger partial charge in [0.25, 0.3) is 0 Å². The smallest absolute Gasteiger partial charge is 0.129 e. The van der Waals surface area contributed by atoms with E-state index in [-0.39, 0.29) is 0 Å². The van der Waals surface area contributed by atoms with Crippen LogP contribution in [-0.2, 0) is 4.74 Å². The largest absolute Gasteiger partial charge is 0.379 e. The van der Waals surface area contributed by atoms with Gasteiger partial charge >= 0.3 is 0 Å². The molecule has 3 rings (SSSR count). The van der Waals surface area contributed by atoms with Crippen LogP contribution in [0.3, 0.4) is 0 Å². The van der Waals surface area contributed by atoms with E-state index >= 15 is 0 Å². The molecule has 1 aliphatic heterocycles. The molecule has 24 heavy (non-hydrogen) atoms. The van der Waals surface area contributed by atoms with Crippen LogP contribution in [0.2, 0.25) is 5.02 Å². The quantitative estimate of drug-likeness (QED) is 0.779. The van der Waals surface area contributed by atoms with Crippen molar-refractivity contribution in [3.8, 4) is 11.3 Å². The predicted octanol–water partition coefficient (Wildman–Crippen LogP) is 3.32. The fourth-order valence-electron chi connectivity index (χ4n) is 2.76. The molecular formula is C18H23ClN4O. The Bertz CT molecular complexity index is 646. The van der Waals surface area contributed by atoms with Crippen molar-refractivity contribution in [2.75, 3.05) is 44.7 Å². The lowest BCUT2D eigenvalue weighted by molar-refractivity contribution is 0.0373. The molecule has 0 unspecified atom stereocenters. The fraction of sp³-hybridized carbons (Fsp3) is 0.444. The molecule has 1 fully saturated rings. The summed E-state index contributed by atoms with van der Waals surface area (Å²) in [5.74, 6) is 0.853. The van der Waals surface area contributed by atoms with Crippen molar-refractivity contribution in [3.05, 3.63) is 41.7 Å². The molecule has 1 aliphatic rings. The molecular weight excluding hydrogens is 324 g/mol. The number of ether oxygens (including phenoxy) is 1. The van der Waals surface area contributed by atoms with E-state index in [1.807, 2.05) is 30.3 Å². The van der Waals surface area contributed by atoms with E-state index in [0.29, 0.717) is 5.02 Å². The Kier molecular flexibility index (Phi) is 6.41. The Morgan fingerprint density at radius 1 is 1.12 bits per heavy atom. The minimum Gasteiger partial charge on any atom is -0.379 e. The van der Waals surface area contributed by atoms with Crippen LogP contribution in [0, 0.1) is 0 Å². The highest BCUT2D eigenvalue weighted by Crippen LogP contribution is 2.22. The first kappa shape index (κ1) is 17.1. The van der Waals surface area contributed by atoms with Crippen molar-refractivity contribution in [1.82, 2.24) is 14.9 Å². The number of morpholine rings is 1. The Hall–Kier alpha value is -1.69. The van der Waals surface area contributed by atoms with E-state index in [9.17, 15) is 0 Å². The van der Waals surface area contributed by atoms with Crippen LogP contribution in [0.5, 0.6) is 0 Å². The monoisotopic (exact) mass is 346 g/mol. The summed E-state index contributed by atoms with van der Waals surface area (Å²) in [5.41, 5.74) is 1.88. The van der Waals surface area contributed by atoms with E-state index in [2.05, 4.69) is 20.2 Å². The number of rotatable bonds is 7. The van der Waals surface area contributed by atoms with Crippen LogP contribution >= 0.6 is 11.6 Å². The molecule has 0 aliphatic carbocycles. The van der Waals surface area contributed by atoms with Crippen molar-refractivity contribution < 1.29 is 4.74 Å². The fourth-order valence-corrected chi connectivity index (χ4v) is 2.95. The summed E-state index contributed by atoms with van der Waals surface area (Å²) in [7, 11) is 0. The number of unbranched alkanes of at least 4 members (excludes halogenated alkanes) is 1. The summed E-state index contributed by atoms with van der Waals surface area (Å²) in [6.07, 6.45) is 3.89. The zero-order valence-corrected chi connectivity index (χ0v) is 14.5. The normalized spacial score (nSPS) is 15.4. The van der Waals surface area contributed by atoms with E-state index < -0.39 is 0 Å². The van der Waals surface area contributed by atoms with E-state index in [0.717, 1.165) is 62.9 Å². The molecule has 0 amide bonds. The topological polar surface area (TPSA) is 50.3 Å². The summed E-state index contributed by atoms with van der Waals surface area (Å²) in [6, 6.07) is 9.67. The first-order valence-corrected chi connectivity index (χ1v) is 8.81. The van der Waals surface area contributed by atoms with Gasteiger partial charge in [-0.1, -0.05) is 23.7 Å². The van der Waals surface area contributed by atoms with Gasteiger partial charge in [-0.15, -0.1) is 0 Å². The molecule has 0 bridgehead atoms. The molecule has 0 atom stereocenters. The lowest BCUT2D eigenvalue weighted by Crippen LogP contribution is -2.36. The standard InChI is InChI=1S/C18H23ClN4O/c19-16-5-3-4-15(12-16)17-13-18(22-14-21-17)20-6-1-2-7-23-8-10-24-11-9-23/h3-5,12-14H,1-2,6-11H2,(H,20,21,22). The number of halogens is 1. The summed E-state index contributed by atoms with van der Waals surface area (Å²) >= 11 is 6.05. The number of hydrogen-bond acceptors (Lipinski definition) is 5. The Balaban J connectivity index is 1.45. The molecule has 0 spiro atoms. The van der Waals surface area contributed by atoms with E-state index in [1.54, 1.807) is 6.33 Å². The van der Waals surface area contributed by atoms with Crippen molar-refractivity contribution in [2.45, 2.75) is 12.8 Å². The van der Waals surface area contributed by atoms with Gasteiger partial charge in [-0.05, 0) is 31.5 Å². The second-order valence-corrected chi connectivity index (χ2v) is 6.32. The van der Waals surface area contributed by atoms with Gasteiger partial charge in [-0.25, -0.2) is 9.97 Å². The van der Waals surface area contributed by atoms with Gasteiger partial charge in [-0.3, -0.25) is 4.90 Å². The van der Waals surface area contributed by atoms with E-state index in [4.69, 9.17) is 16.3 Å². The minimum absolute atomic E-state index is 0.712. The summed E-state index contributed by atoms with van der Waals surface area (Å²) in [6.45, 7) is 5.90. The van der Waals surface area contributed by atoms with Crippen LogP contribution in [0.4, 0.5) is 5.82 Å². The maximum absolute atomic E-state index is 6.05. The Morgan fingerprint density at radius 3 is 2.83 bits per heavy atom. The van der Waals surface area contributed by atoms with E-state index in [1.165, 1.54) is 6.42 Å². The average Bonchev–Trinajstić information content (AvgIpc) is 2.63. The van der Waals surface area contributed by atoms with Gasteiger partial charge in [0.1, 0.15) is 12.1 Å². The van der Waals surface area contributed by atoms with Crippen molar-refractivity contribution >= 4 is 17.4 Å². The Morgan fingerprint density at radius 2 is 2.00 bits per heavy atom. The second kappa shape index (κ2) is 8.97. The third-order valence-electron chi connectivity index (χ3n) is 4.10. The minimum atomic E-state index is 0.712. The van der Waals surface area contributed by atoms with Gasteiger partial charge < -0.3 is 10.1 Å². The first-order valence-electron chi connectivity index (χ1n) is 8.43. The molecule has 1 aromatic heterocycles. The number of nitrogens with one attached hydrogen (secondary N) is 1. The van der Waals surface area contributed by atoms with Crippen LogP contribution in [0.25, 0.3) is 11.3 Å². The molecule has 0 saturated carbocycles. The molecule has 128 valence electrons. The molecule has 2 heterocycles. The van der Waals surface area contributed by atoms with Gasteiger partial charge in [0.15, 0.2) is 0 Å². The van der Waals surface area contributed by atoms with Gasteiger partial charge in [-0.2, -0.15) is 0 Å². The molecule has 2 aromatic rings. The van der Waals surface area contributed by atoms with Gasteiger partial charge in [0.05, 0.1) is 18.9 Å². The van der Waals surface area contributed by atoms with Crippen LogP contribution in [-0.4, -0.2) is 54.3 Å².